The van der Waals surface area contributed by atoms with Crippen molar-refractivity contribution < 1.29 is 0 Å². The maximum absolute atomic E-state index is 5.63. The summed E-state index contributed by atoms with van der Waals surface area (Å²) in [6.45, 7) is 9.99. The topological polar surface area (TPSA) is 111 Å². The molecule has 0 bridgehead atoms. The molecule has 0 aliphatic heterocycles. The van der Waals surface area contributed by atoms with Crippen LogP contribution >= 0.6 is 0 Å². The molecule has 0 rings (SSSR count). The van der Waals surface area contributed by atoms with Crippen molar-refractivity contribution in [3.05, 3.63) is 0 Å². The van der Waals surface area contributed by atoms with Crippen molar-refractivity contribution >= 4 is 0 Å². The summed E-state index contributed by atoms with van der Waals surface area (Å²) in [6.07, 6.45) is 10.9. The number of unbranched alkanes of at least 4 members (excludes halogenated alkanes) is 4. The zero-order valence-corrected chi connectivity index (χ0v) is 16.6. The molecule has 6 heteroatoms. The fraction of sp³-hybridized carbons (Fsp3) is 1.00. The molecule has 0 heterocycles. The smallest absolute Gasteiger partial charge is 0.000671 e. The van der Waals surface area contributed by atoms with Gasteiger partial charge in [-0.05, 0) is 104 Å². The predicted molar refractivity (Wildman–Crippen MR) is 111 cm³/mol. The van der Waals surface area contributed by atoms with Crippen LogP contribution in [0.5, 0.6) is 0 Å². The minimum atomic E-state index is 0.782. The molecule has 0 radical (unpaired) electrons. The zero-order valence-electron chi connectivity index (χ0n) is 16.6. The maximum atomic E-state index is 5.63. The molecular formula is C19H46N6. The van der Waals surface area contributed by atoms with Gasteiger partial charge in [0.1, 0.15) is 0 Å². The monoisotopic (exact) mass is 358 g/mol. The fourth-order valence-corrected chi connectivity index (χ4v) is 3.13. The van der Waals surface area contributed by atoms with Crippen LogP contribution in [0.15, 0.2) is 0 Å². The van der Waals surface area contributed by atoms with E-state index in [1.54, 1.807) is 0 Å². The van der Waals surface area contributed by atoms with E-state index < -0.39 is 0 Å². The Kier molecular flexibility index (Phi) is 19.9. The first-order valence-corrected chi connectivity index (χ1v) is 10.5. The highest BCUT2D eigenvalue weighted by Gasteiger charge is 2.05. The second kappa shape index (κ2) is 20.1. The van der Waals surface area contributed by atoms with Gasteiger partial charge in [-0.1, -0.05) is 19.3 Å². The lowest BCUT2D eigenvalue weighted by Gasteiger charge is -2.22. The van der Waals surface area contributed by atoms with E-state index in [1.807, 2.05) is 0 Å². The van der Waals surface area contributed by atoms with Crippen molar-refractivity contribution in [2.45, 2.75) is 57.8 Å². The van der Waals surface area contributed by atoms with E-state index in [0.717, 1.165) is 78.0 Å². The van der Waals surface area contributed by atoms with Gasteiger partial charge in [-0.2, -0.15) is 0 Å². The van der Waals surface area contributed by atoms with Crippen LogP contribution in [-0.4, -0.2) is 75.2 Å². The Bertz CT molecular complexity index is 212. The second-order valence-electron chi connectivity index (χ2n) is 7.02. The van der Waals surface area contributed by atoms with E-state index >= 15 is 0 Å². The molecule has 0 saturated heterocycles. The largest absolute Gasteiger partial charge is 0.330 e. The minimum absolute atomic E-state index is 0.782. The van der Waals surface area contributed by atoms with Crippen LogP contribution in [0.3, 0.4) is 0 Å². The van der Waals surface area contributed by atoms with E-state index in [4.69, 9.17) is 22.9 Å². The maximum Gasteiger partial charge on any atom is -0.000671 e. The molecular weight excluding hydrogens is 312 g/mol. The lowest BCUT2D eigenvalue weighted by Crippen LogP contribution is -2.30. The molecule has 0 aliphatic carbocycles. The van der Waals surface area contributed by atoms with E-state index in [-0.39, 0.29) is 0 Å². The minimum Gasteiger partial charge on any atom is -0.330 e. The Morgan fingerprint density at radius 2 is 0.560 bits per heavy atom. The molecule has 0 amide bonds. The second-order valence-corrected chi connectivity index (χ2v) is 7.02. The summed E-state index contributed by atoms with van der Waals surface area (Å²) in [7, 11) is 0. The molecule has 0 aromatic heterocycles. The van der Waals surface area contributed by atoms with Crippen LogP contribution in [0.2, 0.25) is 0 Å². The van der Waals surface area contributed by atoms with Crippen molar-refractivity contribution in [2.24, 2.45) is 22.9 Å². The zero-order chi connectivity index (χ0) is 18.6. The summed E-state index contributed by atoms with van der Waals surface area (Å²) in [5.41, 5.74) is 22.5. The lowest BCUT2D eigenvalue weighted by atomic mass is 10.1. The van der Waals surface area contributed by atoms with Gasteiger partial charge < -0.3 is 32.7 Å². The van der Waals surface area contributed by atoms with Crippen molar-refractivity contribution in [2.75, 3.05) is 65.4 Å². The molecule has 0 aromatic rings. The summed E-state index contributed by atoms with van der Waals surface area (Å²) >= 11 is 0. The first-order valence-electron chi connectivity index (χ1n) is 10.5. The van der Waals surface area contributed by atoms with E-state index in [2.05, 4.69) is 9.80 Å². The van der Waals surface area contributed by atoms with Gasteiger partial charge >= 0.3 is 0 Å². The van der Waals surface area contributed by atoms with Crippen LogP contribution in [0, 0.1) is 0 Å². The third-order valence-corrected chi connectivity index (χ3v) is 4.66. The van der Waals surface area contributed by atoms with Crippen molar-refractivity contribution in [1.82, 2.24) is 9.80 Å². The van der Waals surface area contributed by atoms with Gasteiger partial charge in [0.05, 0.1) is 0 Å². The van der Waals surface area contributed by atoms with Crippen molar-refractivity contribution in [3.8, 4) is 0 Å². The average molecular weight is 359 g/mol. The lowest BCUT2D eigenvalue weighted by molar-refractivity contribution is 0.257. The summed E-state index contributed by atoms with van der Waals surface area (Å²) in [4.78, 5) is 5.06. The SMILES string of the molecule is NCCCN(CCCN)CCCCCCCN(CCCN)CCCN. The van der Waals surface area contributed by atoms with Crippen LogP contribution in [0.1, 0.15) is 57.8 Å². The highest BCUT2D eigenvalue weighted by atomic mass is 15.1. The predicted octanol–water partition coefficient (Wildman–Crippen LogP) is 0.936. The van der Waals surface area contributed by atoms with E-state index in [0.29, 0.717) is 0 Å². The standard InChI is InChI=1S/C19H46N6/c20-10-6-16-24(17-7-11-21)14-4-2-1-3-5-15-25(18-8-12-22)19-9-13-23/h1-23H2. The molecule has 8 N–H and O–H groups in total. The Labute approximate surface area is 156 Å². The van der Waals surface area contributed by atoms with Gasteiger partial charge in [0.15, 0.2) is 0 Å². The highest BCUT2D eigenvalue weighted by Crippen LogP contribution is 2.07. The van der Waals surface area contributed by atoms with Gasteiger partial charge in [0.25, 0.3) is 0 Å². The van der Waals surface area contributed by atoms with Crippen LogP contribution in [0.25, 0.3) is 0 Å². The van der Waals surface area contributed by atoms with Crippen molar-refractivity contribution in [1.29, 1.82) is 0 Å². The molecule has 0 saturated carbocycles. The Balaban J connectivity index is 3.69. The van der Waals surface area contributed by atoms with Crippen LogP contribution < -0.4 is 22.9 Å². The third-order valence-electron chi connectivity index (χ3n) is 4.66. The summed E-state index contributed by atoms with van der Waals surface area (Å²) in [6, 6.07) is 0. The molecule has 0 aromatic carbocycles. The van der Waals surface area contributed by atoms with Crippen LogP contribution in [-0.2, 0) is 0 Å². The average Bonchev–Trinajstić information content (AvgIpc) is 2.63. The van der Waals surface area contributed by atoms with Gasteiger partial charge in [0.2, 0.25) is 0 Å². The van der Waals surface area contributed by atoms with Gasteiger partial charge in [-0.25, -0.2) is 0 Å². The number of hydrogen-bond acceptors (Lipinski definition) is 6. The van der Waals surface area contributed by atoms with Crippen molar-refractivity contribution in [3.63, 3.8) is 0 Å². The van der Waals surface area contributed by atoms with E-state index in [1.165, 1.54) is 45.2 Å². The highest BCUT2D eigenvalue weighted by molar-refractivity contribution is 4.62. The Hall–Kier alpha value is -0.240. The number of rotatable bonds is 20. The molecule has 0 spiro atoms. The Morgan fingerprint density at radius 1 is 0.320 bits per heavy atom. The number of hydrogen-bond donors (Lipinski definition) is 4. The molecule has 25 heavy (non-hydrogen) atoms. The molecule has 0 atom stereocenters. The molecule has 0 unspecified atom stereocenters. The fourth-order valence-electron chi connectivity index (χ4n) is 3.13. The molecule has 6 nitrogen and oxygen atoms in total. The third kappa shape index (κ3) is 17.0. The molecule has 0 fully saturated rings. The van der Waals surface area contributed by atoms with Gasteiger partial charge in [-0.3, -0.25) is 0 Å². The summed E-state index contributed by atoms with van der Waals surface area (Å²) in [5.74, 6) is 0. The number of nitrogens with zero attached hydrogens (tertiary/aromatic N) is 2. The summed E-state index contributed by atoms with van der Waals surface area (Å²) in [5, 5.41) is 0. The normalized spacial score (nSPS) is 11.8. The molecule has 0 aliphatic rings. The Morgan fingerprint density at radius 3 is 0.840 bits per heavy atom. The molecule has 152 valence electrons. The quantitative estimate of drug-likeness (QED) is 0.241. The first kappa shape index (κ1) is 24.8. The van der Waals surface area contributed by atoms with E-state index in [9.17, 15) is 0 Å². The van der Waals surface area contributed by atoms with Crippen LogP contribution in [0.4, 0.5) is 0 Å². The van der Waals surface area contributed by atoms with Gasteiger partial charge in [-0.15, -0.1) is 0 Å². The number of nitrogens with two attached hydrogens (primary N) is 4. The summed E-state index contributed by atoms with van der Waals surface area (Å²) < 4.78 is 0. The van der Waals surface area contributed by atoms with Gasteiger partial charge in [0, 0.05) is 0 Å². The first-order chi connectivity index (χ1) is 12.3.